The number of nitrogens with zero attached hydrogens (tertiary/aromatic N) is 4. The number of benzene rings is 16. The molecule has 98 heavy (non-hydrogen) atoms. The van der Waals surface area contributed by atoms with Crippen LogP contribution in [0.2, 0.25) is 0 Å². The van der Waals surface area contributed by atoms with Crippen LogP contribution in [0.4, 0.5) is 34.1 Å². The molecule has 20 rings (SSSR count). The monoisotopic (exact) mass is 1270 g/mol. The minimum atomic E-state index is 0.891. The maximum absolute atomic E-state index is 6.20. The van der Waals surface area contributed by atoms with E-state index in [1.807, 2.05) is 23.5 Å². The fourth-order valence-electron chi connectivity index (χ4n) is 15.2. The third-order valence-electron chi connectivity index (χ3n) is 19.5. The zero-order valence-electron chi connectivity index (χ0n) is 53.2. The summed E-state index contributed by atoms with van der Waals surface area (Å²) in [6.45, 7) is 0. The van der Waals surface area contributed by atoms with Gasteiger partial charge in [0, 0.05) is 97.4 Å². The standard InChI is InChI=1S/C46H30N2O.C46H30N2S/c2*1-3-13-32(14-4-1)47(34-24-28-46-41(30-34)39-20-10-12-22-45(39)49-46)43-27-25-35(36-17-7-8-18-37(36)43)31-23-26-44-40(29-31)38-19-9-11-21-42(38)48(44)33-15-5-2-6-16-33/h2*1-30H. The first-order chi connectivity index (χ1) is 48.6. The van der Waals surface area contributed by atoms with Crippen LogP contribution in [0.5, 0.6) is 0 Å². The van der Waals surface area contributed by atoms with E-state index in [2.05, 4.69) is 371 Å². The summed E-state index contributed by atoms with van der Waals surface area (Å²) >= 11 is 1.86. The van der Waals surface area contributed by atoms with Gasteiger partial charge in [-0.05, 0) is 179 Å². The van der Waals surface area contributed by atoms with E-state index in [9.17, 15) is 0 Å². The fourth-order valence-corrected chi connectivity index (χ4v) is 16.3. The van der Waals surface area contributed by atoms with Crippen LogP contribution in [0.1, 0.15) is 0 Å². The van der Waals surface area contributed by atoms with Gasteiger partial charge in [0.15, 0.2) is 0 Å². The Morgan fingerprint density at radius 2 is 0.612 bits per heavy atom. The molecule has 20 aromatic rings. The molecule has 5 nitrogen and oxygen atoms in total. The second-order valence-electron chi connectivity index (χ2n) is 25.1. The van der Waals surface area contributed by atoms with Gasteiger partial charge < -0.3 is 23.4 Å². The molecule has 6 heteroatoms. The van der Waals surface area contributed by atoms with Crippen LogP contribution in [0, 0.1) is 0 Å². The van der Waals surface area contributed by atoms with Gasteiger partial charge >= 0.3 is 0 Å². The second kappa shape index (κ2) is 23.6. The van der Waals surface area contributed by atoms with Gasteiger partial charge in [0.2, 0.25) is 0 Å². The van der Waals surface area contributed by atoms with Gasteiger partial charge in [-0.1, -0.05) is 218 Å². The molecular weight excluding hydrogens is 1210 g/mol. The highest BCUT2D eigenvalue weighted by atomic mass is 32.1. The molecule has 0 aliphatic carbocycles. The largest absolute Gasteiger partial charge is 0.456 e. The number of hydrogen-bond donors (Lipinski definition) is 0. The van der Waals surface area contributed by atoms with Gasteiger partial charge in [-0.3, -0.25) is 0 Å². The number of fused-ring (bicyclic) bond motifs is 14. The summed E-state index contributed by atoms with van der Waals surface area (Å²) in [4.78, 5) is 4.78. The van der Waals surface area contributed by atoms with Crippen molar-refractivity contribution in [3.63, 3.8) is 0 Å². The summed E-state index contributed by atoms with van der Waals surface area (Å²) in [5.41, 5.74) is 20.6. The Morgan fingerprint density at radius 1 is 0.224 bits per heavy atom. The number of thiophene rings is 1. The number of para-hydroxylation sites is 7. The zero-order chi connectivity index (χ0) is 64.6. The van der Waals surface area contributed by atoms with Crippen LogP contribution in [0.25, 0.3) is 141 Å². The zero-order valence-corrected chi connectivity index (χ0v) is 54.1. The van der Waals surface area contributed by atoms with Crippen molar-refractivity contribution >= 4 is 153 Å². The topological polar surface area (TPSA) is 29.5 Å². The van der Waals surface area contributed by atoms with E-state index in [1.54, 1.807) is 0 Å². The number of hydrogen-bond acceptors (Lipinski definition) is 4. The summed E-state index contributed by atoms with van der Waals surface area (Å²) in [5.74, 6) is 0. The van der Waals surface area contributed by atoms with Gasteiger partial charge in [0.25, 0.3) is 0 Å². The normalized spacial score (nSPS) is 11.7. The van der Waals surface area contributed by atoms with E-state index in [-0.39, 0.29) is 0 Å². The van der Waals surface area contributed by atoms with E-state index in [0.717, 1.165) is 56.1 Å². The van der Waals surface area contributed by atoms with Crippen molar-refractivity contribution in [2.45, 2.75) is 0 Å². The van der Waals surface area contributed by atoms with Crippen molar-refractivity contribution in [2.24, 2.45) is 0 Å². The van der Waals surface area contributed by atoms with Crippen molar-refractivity contribution < 1.29 is 4.42 Å². The molecular formula is C92H60N4OS. The molecule has 0 N–H and O–H groups in total. The van der Waals surface area contributed by atoms with Crippen molar-refractivity contribution in [1.29, 1.82) is 0 Å². The first kappa shape index (κ1) is 56.8. The average molecular weight is 1270 g/mol. The molecule has 0 atom stereocenters. The molecule has 0 aliphatic rings. The highest BCUT2D eigenvalue weighted by Crippen LogP contribution is 2.48. The summed E-state index contributed by atoms with van der Waals surface area (Å²) in [6.07, 6.45) is 0. The Morgan fingerprint density at radius 3 is 1.14 bits per heavy atom. The van der Waals surface area contributed by atoms with Crippen LogP contribution in [0.3, 0.4) is 0 Å². The third-order valence-corrected chi connectivity index (χ3v) is 20.7. The van der Waals surface area contributed by atoms with E-state index >= 15 is 0 Å². The van der Waals surface area contributed by atoms with E-state index < -0.39 is 0 Å². The minimum Gasteiger partial charge on any atom is -0.456 e. The van der Waals surface area contributed by atoms with Gasteiger partial charge in [-0.15, -0.1) is 11.3 Å². The van der Waals surface area contributed by atoms with Crippen LogP contribution in [-0.2, 0) is 0 Å². The second-order valence-corrected chi connectivity index (χ2v) is 26.2. The summed E-state index contributed by atoms with van der Waals surface area (Å²) in [7, 11) is 0. The summed E-state index contributed by atoms with van der Waals surface area (Å²) in [5, 5.41) is 14.7. The summed E-state index contributed by atoms with van der Waals surface area (Å²) in [6, 6.07) is 131. The Balaban J connectivity index is 0.000000137. The molecule has 0 saturated heterocycles. The molecule has 4 aromatic heterocycles. The maximum Gasteiger partial charge on any atom is 0.135 e. The first-order valence-corrected chi connectivity index (χ1v) is 34.2. The quantitative estimate of drug-likeness (QED) is 0.137. The smallest absolute Gasteiger partial charge is 0.135 e. The molecule has 0 spiro atoms. The Kier molecular flexibility index (Phi) is 13.7. The van der Waals surface area contributed by atoms with Gasteiger partial charge in [0.1, 0.15) is 11.2 Å². The molecule has 0 bridgehead atoms. The van der Waals surface area contributed by atoms with Crippen molar-refractivity contribution in [3.8, 4) is 33.6 Å². The van der Waals surface area contributed by atoms with E-state index in [1.165, 1.54) is 119 Å². The number of anilines is 6. The lowest BCUT2D eigenvalue weighted by Crippen LogP contribution is -2.10. The number of aromatic nitrogens is 2. The predicted octanol–water partition coefficient (Wildman–Crippen LogP) is 26.4. The predicted molar refractivity (Wildman–Crippen MR) is 417 cm³/mol. The third kappa shape index (κ3) is 9.52. The molecule has 0 amide bonds. The lowest BCUT2D eigenvalue weighted by Gasteiger charge is -2.27. The van der Waals surface area contributed by atoms with Crippen molar-refractivity contribution in [2.75, 3.05) is 9.80 Å². The average Bonchev–Trinajstić information content (AvgIpc) is 1.51. The van der Waals surface area contributed by atoms with E-state index in [4.69, 9.17) is 4.42 Å². The fraction of sp³-hybridized carbons (Fsp3) is 0. The van der Waals surface area contributed by atoms with Crippen LogP contribution in [0.15, 0.2) is 368 Å². The maximum atomic E-state index is 6.20. The highest BCUT2D eigenvalue weighted by molar-refractivity contribution is 7.25. The van der Waals surface area contributed by atoms with Gasteiger partial charge in [0.05, 0.1) is 33.4 Å². The lowest BCUT2D eigenvalue weighted by atomic mass is 9.95. The molecule has 460 valence electrons. The minimum absolute atomic E-state index is 0.891. The first-order valence-electron chi connectivity index (χ1n) is 33.4. The Hall–Kier alpha value is -12.7. The van der Waals surface area contributed by atoms with Crippen LogP contribution >= 0.6 is 11.3 Å². The number of rotatable bonds is 10. The summed E-state index contributed by atoms with van der Waals surface area (Å²) < 4.78 is 13.6. The molecule has 0 saturated carbocycles. The SMILES string of the molecule is c1ccc(N(c2ccc3oc4ccccc4c3c2)c2ccc(-c3ccc4c(c3)c3ccccc3n4-c3ccccc3)c3ccccc23)cc1.c1ccc(N(c2ccc3sc4ccccc4c3c2)c2ccc(-c3ccc4c(c3)c3ccccc3n4-c3ccccc3)c3ccccc23)cc1. The molecule has 4 heterocycles. The Labute approximate surface area is 570 Å². The molecule has 0 radical (unpaired) electrons. The van der Waals surface area contributed by atoms with Crippen molar-refractivity contribution in [3.05, 3.63) is 364 Å². The van der Waals surface area contributed by atoms with Gasteiger partial charge in [-0.2, -0.15) is 0 Å². The lowest BCUT2D eigenvalue weighted by molar-refractivity contribution is 0.669. The molecule has 0 fully saturated rings. The van der Waals surface area contributed by atoms with Crippen LogP contribution in [-0.4, -0.2) is 9.13 Å². The van der Waals surface area contributed by atoms with E-state index in [0.29, 0.717) is 0 Å². The highest BCUT2D eigenvalue weighted by Gasteiger charge is 2.23. The van der Waals surface area contributed by atoms with Gasteiger partial charge in [-0.25, -0.2) is 0 Å². The Bertz CT molecular complexity index is 6050. The van der Waals surface area contributed by atoms with Crippen LogP contribution < -0.4 is 9.80 Å². The molecule has 16 aromatic carbocycles. The molecule has 0 aliphatic heterocycles. The van der Waals surface area contributed by atoms with Crippen molar-refractivity contribution in [1.82, 2.24) is 9.13 Å². The number of furan rings is 1. The molecule has 0 unspecified atom stereocenters.